The fraction of sp³-hybridized carbons (Fsp3) is 0.462. The van der Waals surface area contributed by atoms with Crippen LogP contribution in [0, 0.1) is 19.8 Å². The molecule has 0 aliphatic heterocycles. The molecule has 0 spiro atoms. The van der Waals surface area contributed by atoms with Crippen LogP contribution in [0.1, 0.15) is 34.0 Å². The Balaban J connectivity index is 2.86. The molecule has 3 amide bonds. The van der Waals surface area contributed by atoms with Crippen molar-refractivity contribution < 1.29 is 19.1 Å². The van der Waals surface area contributed by atoms with Gasteiger partial charge in [-0.3, -0.25) is 10.1 Å². The molecule has 0 aromatic carbocycles. The Labute approximate surface area is 121 Å². The second kappa shape index (κ2) is 6.51. The van der Waals surface area contributed by atoms with E-state index in [-0.39, 0.29) is 5.92 Å². The molecule has 0 radical (unpaired) electrons. The Bertz CT molecular complexity index is 536. The molecule has 0 aliphatic carbocycles. The van der Waals surface area contributed by atoms with Gasteiger partial charge < -0.3 is 10.5 Å². The normalized spacial score (nSPS) is 12.1. The minimum Gasteiger partial charge on any atom is -0.448 e. The second-order valence-corrected chi connectivity index (χ2v) is 6.21. The number of thiophene rings is 1. The van der Waals surface area contributed by atoms with Crippen LogP contribution in [0.5, 0.6) is 0 Å². The van der Waals surface area contributed by atoms with Gasteiger partial charge in [-0.2, -0.15) is 0 Å². The summed E-state index contributed by atoms with van der Waals surface area (Å²) in [4.78, 5) is 36.3. The van der Waals surface area contributed by atoms with Crippen molar-refractivity contribution in [1.82, 2.24) is 5.32 Å². The summed E-state index contributed by atoms with van der Waals surface area (Å²) in [5.41, 5.74) is 5.33. The summed E-state index contributed by atoms with van der Waals surface area (Å²) < 4.78 is 5.20. The molecule has 110 valence electrons. The van der Waals surface area contributed by atoms with E-state index in [0.29, 0.717) is 5.56 Å². The zero-order valence-electron chi connectivity index (χ0n) is 11.9. The number of carbonyl (C=O) groups is 3. The molecule has 6 nitrogen and oxygen atoms in total. The molecule has 1 rings (SSSR count). The number of urea groups is 1. The van der Waals surface area contributed by atoms with Crippen LogP contribution in [0.15, 0.2) is 6.07 Å². The fourth-order valence-corrected chi connectivity index (χ4v) is 2.61. The SMILES string of the molecule is Cc1cc(C(=O)O[C@@H](C(=O)NC(N)=O)C(C)C)c(C)s1. The predicted molar refractivity (Wildman–Crippen MR) is 75.6 cm³/mol. The van der Waals surface area contributed by atoms with Crippen LogP contribution in [-0.4, -0.2) is 24.0 Å². The third kappa shape index (κ3) is 4.06. The van der Waals surface area contributed by atoms with E-state index in [0.717, 1.165) is 9.75 Å². The number of nitrogens with two attached hydrogens (primary N) is 1. The van der Waals surface area contributed by atoms with Crippen LogP contribution in [0.2, 0.25) is 0 Å². The highest BCUT2D eigenvalue weighted by Gasteiger charge is 2.28. The number of primary amides is 1. The lowest BCUT2D eigenvalue weighted by atomic mass is 10.1. The lowest BCUT2D eigenvalue weighted by Crippen LogP contribution is -2.45. The van der Waals surface area contributed by atoms with E-state index >= 15 is 0 Å². The molecule has 0 unspecified atom stereocenters. The van der Waals surface area contributed by atoms with Crippen LogP contribution in [-0.2, 0) is 9.53 Å². The maximum absolute atomic E-state index is 12.1. The molecule has 0 saturated carbocycles. The molecule has 7 heteroatoms. The summed E-state index contributed by atoms with van der Waals surface area (Å²) in [5.74, 6) is -1.58. The molecule has 20 heavy (non-hydrogen) atoms. The average Bonchev–Trinajstić information content (AvgIpc) is 2.63. The number of imide groups is 1. The molecule has 1 heterocycles. The molecule has 0 aliphatic rings. The highest BCUT2D eigenvalue weighted by atomic mass is 32.1. The van der Waals surface area contributed by atoms with E-state index in [1.54, 1.807) is 19.9 Å². The quantitative estimate of drug-likeness (QED) is 0.827. The fourth-order valence-electron chi connectivity index (χ4n) is 1.70. The second-order valence-electron chi connectivity index (χ2n) is 4.75. The number of amides is 3. The Morgan fingerprint density at radius 3 is 2.30 bits per heavy atom. The molecule has 1 atom stereocenters. The minimum absolute atomic E-state index is 0.279. The van der Waals surface area contributed by atoms with Crippen LogP contribution in [0.4, 0.5) is 4.79 Å². The average molecular weight is 298 g/mol. The number of hydrogen-bond acceptors (Lipinski definition) is 5. The summed E-state index contributed by atoms with van der Waals surface area (Å²) in [6, 6.07) is 0.741. The van der Waals surface area contributed by atoms with Gasteiger partial charge in [0.1, 0.15) is 0 Å². The summed E-state index contributed by atoms with van der Waals surface area (Å²) in [6.07, 6.45) is -1.06. The van der Waals surface area contributed by atoms with Gasteiger partial charge in [0.25, 0.3) is 5.91 Å². The van der Waals surface area contributed by atoms with Crippen molar-refractivity contribution in [3.8, 4) is 0 Å². The number of hydrogen-bond donors (Lipinski definition) is 2. The molecule has 1 aromatic rings. The molecule has 0 bridgehead atoms. The topological polar surface area (TPSA) is 98.5 Å². The maximum atomic E-state index is 12.1. The zero-order valence-corrected chi connectivity index (χ0v) is 12.7. The first-order valence-corrected chi connectivity index (χ1v) is 6.92. The minimum atomic E-state index is -1.06. The molecule has 0 fully saturated rings. The molecule has 3 N–H and O–H groups in total. The van der Waals surface area contributed by atoms with Crippen LogP contribution >= 0.6 is 11.3 Å². The first kappa shape index (κ1) is 16.2. The third-order valence-corrected chi connectivity index (χ3v) is 3.57. The lowest BCUT2D eigenvalue weighted by molar-refractivity contribution is -0.130. The van der Waals surface area contributed by atoms with Crippen molar-refractivity contribution in [3.63, 3.8) is 0 Å². The number of nitrogens with one attached hydrogen (secondary N) is 1. The summed E-state index contributed by atoms with van der Waals surface area (Å²) in [7, 11) is 0. The number of rotatable bonds is 4. The highest BCUT2D eigenvalue weighted by molar-refractivity contribution is 7.12. The van der Waals surface area contributed by atoms with Crippen LogP contribution in [0.25, 0.3) is 0 Å². The van der Waals surface area contributed by atoms with Gasteiger partial charge in [-0.1, -0.05) is 13.8 Å². The van der Waals surface area contributed by atoms with Crippen molar-refractivity contribution in [2.75, 3.05) is 0 Å². The van der Waals surface area contributed by atoms with Crippen molar-refractivity contribution in [2.24, 2.45) is 11.7 Å². The Morgan fingerprint density at radius 2 is 1.90 bits per heavy atom. The first-order valence-electron chi connectivity index (χ1n) is 6.10. The Hall–Kier alpha value is -1.89. The molecule has 0 saturated heterocycles. The van der Waals surface area contributed by atoms with Gasteiger partial charge in [-0.15, -0.1) is 11.3 Å². The van der Waals surface area contributed by atoms with Gasteiger partial charge in [0.2, 0.25) is 0 Å². The van der Waals surface area contributed by atoms with Crippen molar-refractivity contribution >= 4 is 29.2 Å². The lowest BCUT2D eigenvalue weighted by Gasteiger charge is -2.19. The summed E-state index contributed by atoms with van der Waals surface area (Å²) in [5, 5.41) is 1.93. The van der Waals surface area contributed by atoms with Crippen molar-refractivity contribution in [2.45, 2.75) is 33.8 Å². The van der Waals surface area contributed by atoms with Gasteiger partial charge in [0.05, 0.1) is 5.56 Å². The van der Waals surface area contributed by atoms with Gasteiger partial charge in [0, 0.05) is 9.75 Å². The monoisotopic (exact) mass is 298 g/mol. The van der Waals surface area contributed by atoms with Crippen LogP contribution < -0.4 is 11.1 Å². The first-order chi connectivity index (χ1) is 9.22. The zero-order chi connectivity index (χ0) is 15.4. The standard InChI is InChI=1S/C13H18N2O4S/c1-6(2)10(11(16)15-13(14)18)19-12(17)9-5-7(3)20-8(9)4/h5-6,10H,1-4H3,(H3,14,15,16,18)/t10-/m1/s1. The summed E-state index contributed by atoms with van der Waals surface area (Å²) >= 11 is 1.48. The van der Waals surface area contributed by atoms with Crippen LogP contribution in [0.3, 0.4) is 0 Å². The van der Waals surface area contributed by atoms with Gasteiger partial charge in [0.15, 0.2) is 6.10 Å². The van der Waals surface area contributed by atoms with Crippen molar-refractivity contribution in [3.05, 3.63) is 21.4 Å². The number of aryl methyl sites for hydroxylation is 2. The molecule has 1 aromatic heterocycles. The Kier molecular flexibility index (Phi) is 5.26. The molecular formula is C13H18N2O4S. The van der Waals surface area contributed by atoms with E-state index in [1.165, 1.54) is 11.3 Å². The smallest absolute Gasteiger partial charge is 0.340 e. The number of carbonyl (C=O) groups excluding carboxylic acids is 3. The third-order valence-electron chi connectivity index (χ3n) is 2.61. The van der Waals surface area contributed by atoms with E-state index in [2.05, 4.69) is 0 Å². The number of ether oxygens (including phenoxy) is 1. The summed E-state index contributed by atoms with van der Waals surface area (Å²) in [6.45, 7) is 7.12. The van der Waals surface area contributed by atoms with E-state index in [9.17, 15) is 14.4 Å². The van der Waals surface area contributed by atoms with Gasteiger partial charge in [-0.05, 0) is 25.8 Å². The van der Waals surface area contributed by atoms with E-state index in [1.807, 2.05) is 19.2 Å². The largest absolute Gasteiger partial charge is 0.448 e. The Morgan fingerprint density at radius 1 is 1.30 bits per heavy atom. The van der Waals surface area contributed by atoms with E-state index in [4.69, 9.17) is 10.5 Å². The maximum Gasteiger partial charge on any atom is 0.340 e. The molecular weight excluding hydrogens is 280 g/mol. The predicted octanol–water partition coefficient (Wildman–Crippen LogP) is 1.74. The van der Waals surface area contributed by atoms with E-state index < -0.39 is 24.0 Å². The number of esters is 1. The van der Waals surface area contributed by atoms with Gasteiger partial charge in [-0.25, -0.2) is 9.59 Å². The van der Waals surface area contributed by atoms with Crippen molar-refractivity contribution in [1.29, 1.82) is 0 Å². The highest BCUT2D eigenvalue weighted by Crippen LogP contribution is 2.22. The van der Waals surface area contributed by atoms with Gasteiger partial charge >= 0.3 is 12.0 Å².